The van der Waals surface area contributed by atoms with Crippen molar-refractivity contribution >= 4 is 52.2 Å². The molecular weight excluding hydrogens is 369 g/mol. The number of ketones is 1. The maximum absolute atomic E-state index is 13.3. The lowest BCUT2D eigenvalue weighted by Crippen LogP contribution is -2.01. The standard InChI is InChI=1S/C16H14FN3OS2.ClH/c1-9-19-13-6-10(17)2-4-12(13)16(20-9)22-8-14(21)15-5-3-11(7-18)23-15;/h2-6H,7-8,18H2,1H3;1H. The van der Waals surface area contributed by atoms with E-state index in [9.17, 15) is 9.18 Å². The topological polar surface area (TPSA) is 68.9 Å². The van der Waals surface area contributed by atoms with Crippen LogP contribution in [-0.4, -0.2) is 21.5 Å². The zero-order valence-corrected chi connectivity index (χ0v) is 15.2. The van der Waals surface area contributed by atoms with Gasteiger partial charge in [0.25, 0.3) is 0 Å². The third-order valence-corrected chi connectivity index (χ3v) is 5.35. The van der Waals surface area contributed by atoms with Gasteiger partial charge in [0.05, 0.1) is 16.1 Å². The highest BCUT2D eigenvalue weighted by molar-refractivity contribution is 8.00. The number of carbonyl (C=O) groups excluding carboxylic acids is 1. The Kier molecular flexibility index (Phi) is 6.28. The monoisotopic (exact) mass is 383 g/mol. The molecule has 3 aromatic rings. The van der Waals surface area contributed by atoms with Crippen LogP contribution in [-0.2, 0) is 6.54 Å². The Morgan fingerprint density at radius 2 is 2.08 bits per heavy atom. The number of hydrogen-bond donors (Lipinski definition) is 1. The number of aryl methyl sites for hydroxylation is 1. The van der Waals surface area contributed by atoms with E-state index in [4.69, 9.17) is 5.73 Å². The maximum atomic E-state index is 13.3. The minimum Gasteiger partial charge on any atom is -0.326 e. The first-order chi connectivity index (χ1) is 11.1. The molecule has 2 aromatic heterocycles. The second-order valence-corrected chi connectivity index (χ2v) is 7.05. The van der Waals surface area contributed by atoms with Crippen LogP contribution < -0.4 is 5.73 Å². The molecule has 0 aliphatic heterocycles. The van der Waals surface area contributed by atoms with Crippen molar-refractivity contribution in [2.24, 2.45) is 5.73 Å². The zero-order chi connectivity index (χ0) is 16.4. The molecule has 0 unspecified atom stereocenters. The Morgan fingerprint density at radius 1 is 1.29 bits per heavy atom. The number of carbonyl (C=O) groups is 1. The number of Topliss-reactive ketones (excluding diaryl/α,β-unsaturated/α-hetero) is 1. The second kappa shape index (κ2) is 8.02. The Labute approximate surface area is 153 Å². The lowest BCUT2D eigenvalue weighted by molar-refractivity contribution is 0.102. The van der Waals surface area contributed by atoms with Gasteiger partial charge in [-0.15, -0.1) is 23.7 Å². The van der Waals surface area contributed by atoms with Crippen molar-refractivity contribution < 1.29 is 9.18 Å². The Hall–Kier alpha value is -1.54. The van der Waals surface area contributed by atoms with E-state index in [2.05, 4.69) is 9.97 Å². The van der Waals surface area contributed by atoms with Crippen LogP contribution in [0, 0.1) is 12.7 Å². The maximum Gasteiger partial charge on any atom is 0.183 e. The van der Waals surface area contributed by atoms with E-state index in [-0.39, 0.29) is 29.8 Å². The molecule has 3 rings (SSSR count). The summed E-state index contributed by atoms with van der Waals surface area (Å²) in [6, 6.07) is 8.07. The van der Waals surface area contributed by atoms with Gasteiger partial charge in [-0.3, -0.25) is 4.79 Å². The molecule has 2 heterocycles. The van der Waals surface area contributed by atoms with Gasteiger partial charge in [-0.05, 0) is 31.2 Å². The molecule has 0 saturated carbocycles. The van der Waals surface area contributed by atoms with Crippen LogP contribution in [0.2, 0.25) is 0 Å². The molecule has 4 nitrogen and oxygen atoms in total. The molecule has 0 fully saturated rings. The summed E-state index contributed by atoms with van der Waals surface area (Å²) in [6.45, 7) is 2.19. The molecule has 1 aromatic carbocycles. The minimum atomic E-state index is -0.337. The van der Waals surface area contributed by atoms with Crippen LogP contribution in [0.5, 0.6) is 0 Å². The Morgan fingerprint density at radius 3 is 2.79 bits per heavy atom. The largest absolute Gasteiger partial charge is 0.326 e. The molecule has 0 spiro atoms. The number of benzene rings is 1. The van der Waals surface area contributed by atoms with Crippen LogP contribution in [0.15, 0.2) is 35.4 Å². The summed E-state index contributed by atoms with van der Waals surface area (Å²) in [6.07, 6.45) is 0. The van der Waals surface area contributed by atoms with Gasteiger partial charge in [0, 0.05) is 22.9 Å². The van der Waals surface area contributed by atoms with E-state index in [0.717, 1.165) is 10.3 Å². The molecule has 8 heteroatoms. The molecule has 0 aliphatic rings. The van der Waals surface area contributed by atoms with Gasteiger partial charge in [-0.2, -0.15) is 0 Å². The SMILES string of the molecule is Cc1nc(SCC(=O)c2ccc(CN)s2)c2ccc(F)cc2n1.Cl. The molecule has 0 bridgehead atoms. The second-order valence-electron chi connectivity index (χ2n) is 4.92. The normalized spacial score (nSPS) is 10.6. The van der Waals surface area contributed by atoms with E-state index >= 15 is 0 Å². The number of thiophene rings is 1. The third-order valence-electron chi connectivity index (χ3n) is 3.21. The van der Waals surface area contributed by atoms with E-state index < -0.39 is 0 Å². The number of nitrogens with two attached hydrogens (primary N) is 1. The summed E-state index contributed by atoms with van der Waals surface area (Å²) in [4.78, 5) is 22.6. The smallest absolute Gasteiger partial charge is 0.183 e. The fourth-order valence-electron chi connectivity index (χ4n) is 2.14. The van der Waals surface area contributed by atoms with Crippen molar-refractivity contribution in [2.75, 3.05) is 5.75 Å². The highest BCUT2D eigenvalue weighted by Gasteiger charge is 2.13. The first-order valence-electron chi connectivity index (χ1n) is 6.95. The summed E-state index contributed by atoms with van der Waals surface area (Å²) < 4.78 is 13.3. The number of aromatic nitrogens is 2. The van der Waals surface area contributed by atoms with Crippen molar-refractivity contribution in [2.45, 2.75) is 18.5 Å². The summed E-state index contributed by atoms with van der Waals surface area (Å²) in [5.41, 5.74) is 6.12. The van der Waals surface area contributed by atoms with Crippen LogP contribution in [0.25, 0.3) is 10.9 Å². The minimum absolute atomic E-state index is 0. The summed E-state index contributed by atoms with van der Waals surface area (Å²) in [5, 5.41) is 1.44. The highest BCUT2D eigenvalue weighted by atomic mass is 35.5. The molecule has 24 heavy (non-hydrogen) atoms. The number of fused-ring (bicyclic) bond motifs is 1. The first-order valence-corrected chi connectivity index (χ1v) is 8.75. The predicted molar refractivity (Wildman–Crippen MR) is 98.7 cm³/mol. The van der Waals surface area contributed by atoms with Gasteiger partial charge < -0.3 is 5.73 Å². The third kappa shape index (κ3) is 4.10. The number of thioether (sulfide) groups is 1. The van der Waals surface area contributed by atoms with E-state index in [1.54, 1.807) is 19.1 Å². The van der Waals surface area contributed by atoms with Gasteiger partial charge in [0.1, 0.15) is 16.7 Å². The average molecular weight is 384 g/mol. The first kappa shape index (κ1) is 18.8. The molecular formula is C16H15ClFN3OS2. The quantitative estimate of drug-likeness (QED) is 0.410. The number of halogens is 2. The van der Waals surface area contributed by atoms with Crippen molar-refractivity contribution in [1.29, 1.82) is 0 Å². The van der Waals surface area contributed by atoms with Crippen molar-refractivity contribution in [1.82, 2.24) is 9.97 Å². The summed E-state index contributed by atoms with van der Waals surface area (Å²) >= 11 is 2.76. The van der Waals surface area contributed by atoms with Crippen LogP contribution in [0.1, 0.15) is 20.4 Å². The Balaban J connectivity index is 0.00000208. The van der Waals surface area contributed by atoms with Gasteiger partial charge in [-0.25, -0.2) is 14.4 Å². The van der Waals surface area contributed by atoms with E-state index in [1.807, 2.05) is 6.07 Å². The fourth-order valence-corrected chi connectivity index (χ4v) is 4.00. The van der Waals surface area contributed by atoms with E-state index in [0.29, 0.717) is 27.8 Å². The van der Waals surface area contributed by atoms with Crippen molar-refractivity contribution in [3.05, 3.63) is 51.7 Å². The van der Waals surface area contributed by atoms with Crippen molar-refractivity contribution in [3.8, 4) is 0 Å². The molecule has 0 saturated heterocycles. The van der Waals surface area contributed by atoms with Gasteiger partial charge in [0.2, 0.25) is 0 Å². The molecule has 2 N–H and O–H groups in total. The lowest BCUT2D eigenvalue weighted by Gasteiger charge is -2.06. The van der Waals surface area contributed by atoms with Crippen LogP contribution >= 0.6 is 35.5 Å². The van der Waals surface area contributed by atoms with Crippen LogP contribution in [0.3, 0.4) is 0 Å². The van der Waals surface area contributed by atoms with Gasteiger partial charge >= 0.3 is 0 Å². The van der Waals surface area contributed by atoms with Gasteiger partial charge in [0.15, 0.2) is 5.78 Å². The van der Waals surface area contributed by atoms with Gasteiger partial charge in [-0.1, -0.05) is 11.8 Å². The molecule has 0 aliphatic carbocycles. The predicted octanol–water partition coefficient (Wildman–Crippen LogP) is 3.99. The summed E-state index contributed by atoms with van der Waals surface area (Å²) in [7, 11) is 0. The van der Waals surface area contributed by atoms with Crippen molar-refractivity contribution in [3.63, 3.8) is 0 Å². The fraction of sp³-hybridized carbons (Fsp3) is 0.188. The lowest BCUT2D eigenvalue weighted by atomic mass is 10.2. The summed E-state index contributed by atoms with van der Waals surface area (Å²) in [5.74, 6) is 0.523. The zero-order valence-electron chi connectivity index (χ0n) is 12.8. The molecule has 0 atom stereocenters. The number of nitrogens with zero attached hydrogens (tertiary/aromatic N) is 2. The van der Waals surface area contributed by atoms with E-state index in [1.165, 1.54) is 35.2 Å². The number of hydrogen-bond acceptors (Lipinski definition) is 6. The molecule has 0 amide bonds. The Bertz CT molecular complexity index is 880. The number of rotatable bonds is 5. The average Bonchev–Trinajstić information content (AvgIpc) is 3.00. The molecule has 0 radical (unpaired) electrons. The molecule has 126 valence electrons. The highest BCUT2D eigenvalue weighted by Crippen LogP contribution is 2.27. The van der Waals surface area contributed by atoms with Crippen LogP contribution in [0.4, 0.5) is 4.39 Å².